The standard InChI is InChI=1S/2C8H17.C6H5.C2H3O2.Sn/c2*1-3-5-7-8-6-4-2;1-2-4-6-5-3-1;1-4-2-3;/h2*1,3-8H2,2H3;1-5H;1H3;. The normalized spacial score (nSPS) is 11.5. The topological polar surface area (TPSA) is 26.3 Å². The first-order valence-corrected chi connectivity index (χ1v) is 18.2. The van der Waals surface area contributed by atoms with Crippen molar-refractivity contribution in [2.45, 2.75) is 99.8 Å². The van der Waals surface area contributed by atoms with Crippen molar-refractivity contribution in [2.24, 2.45) is 0 Å². The number of ether oxygens (including phenoxy) is 1. The van der Waals surface area contributed by atoms with Crippen LogP contribution in [0.3, 0.4) is 0 Å². The fraction of sp³-hybridized carbons (Fsp3) is 0.708. The monoisotopic (exact) mass is 482 g/mol. The SMILES string of the molecule is CCCCCCC[CH2][Sn]([CH2]CCCCCCC)([C](=O)OC)[c]1ccccc1. The van der Waals surface area contributed by atoms with Gasteiger partial charge in [0.1, 0.15) is 0 Å². The van der Waals surface area contributed by atoms with Gasteiger partial charge < -0.3 is 0 Å². The molecule has 0 aromatic heterocycles. The first-order chi connectivity index (χ1) is 13.2. The summed E-state index contributed by atoms with van der Waals surface area (Å²) in [5.74, 6) is 0. The molecule has 0 aliphatic carbocycles. The molecule has 0 atom stereocenters. The molecule has 0 N–H and O–H groups in total. The number of unbranched alkanes of at least 4 members (excludes halogenated alkanes) is 10. The molecule has 0 amide bonds. The van der Waals surface area contributed by atoms with E-state index in [9.17, 15) is 4.79 Å². The van der Waals surface area contributed by atoms with Crippen molar-refractivity contribution in [1.29, 1.82) is 0 Å². The van der Waals surface area contributed by atoms with Crippen LogP contribution in [0.1, 0.15) is 90.9 Å². The molecule has 1 rings (SSSR count). The molecular formula is C24H42O2Sn. The van der Waals surface area contributed by atoms with Crippen molar-refractivity contribution in [3.63, 3.8) is 0 Å². The Labute approximate surface area is 172 Å². The fourth-order valence-electron chi connectivity index (χ4n) is 4.10. The Bertz CT molecular complexity index is 470. The van der Waals surface area contributed by atoms with E-state index >= 15 is 0 Å². The Hall–Kier alpha value is -0.511. The number of rotatable bonds is 16. The van der Waals surface area contributed by atoms with Gasteiger partial charge in [0.25, 0.3) is 0 Å². The molecule has 0 spiro atoms. The predicted octanol–water partition coefficient (Wildman–Crippen LogP) is 7.41. The summed E-state index contributed by atoms with van der Waals surface area (Å²) in [5, 5.41) is 0. The molecule has 154 valence electrons. The van der Waals surface area contributed by atoms with Crippen LogP contribution >= 0.6 is 0 Å². The third-order valence-electron chi connectivity index (χ3n) is 5.82. The van der Waals surface area contributed by atoms with Gasteiger partial charge in [-0.05, 0) is 0 Å². The van der Waals surface area contributed by atoms with Crippen LogP contribution in [0, 0.1) is 0 Å². The minimum atomic E-state index is -3.20. The van der Waals surface area contributed by atoms with Crippen molar-refractivity contribution in [3.8, 4) is 0 Å². The van der Waals surface area contributed by atoms with Gasteiger partial charge in [-0.2, -0.15) is 0 Å². The molecule has 27 heavy (non-hydrogen) atoms. The summed E-state index contributed by atoms with van der Waals surface area (Å²) < 4.78 is 9.16. The molecule has 0 saturated carbocycles. The molecule has 1 aromatic carbocycles. The predicted molar refractivity (Wildman–Crippen MR) is 121 cm³/mol. The summed E-state index contributed by atoms with van der Waals surface area (Å²) >= 11 is -3.20. The van der Waals surface area contributed by atoms with E-state index in [1.165, 1.54) is 80.6 Å². The van der Waals surface area contributed by atoms with Gasteiger partial charge in [-0.1, -0.05) is 0 Å². The van der Waals surface area contributed by atoms with Gasteiger partial charge in [0.05, 0.1) is 0 Å². The summed E-state index contributed by atoms with van der Waals surface area (Å²) in [7, 11) is 1.60. The maximum atomic E-state index is 13.0. The van der Waals surface area contributed by atoms with Gasteiger partial charge in [0.15, 0.2) is 0 Å². The quantitative estimate of drug-likeness (QED) is 0.182. The molecule has 0 aliphatic rings. The van der Waals surface area contributed by atoms with Crippen LogP contribution < -0.4 is 3.58 Å². The Morgan fingerprint density at radius 3 is 1.63 bits per heavy atom. The molecule has 0 heterocycles. The zero-order valence-corrected chi connectivity index (χ0v) is 21.0. The van der Waals surface area contributed by atoms with Crippen molar-refractivity contribution in [2.75, 3.05) is 7.11 Å². The van der Waals surface area contributed by atoms with Gasteiger partial charge in [0.2, 0.25) is 0 Å². The van der Waals surface area contributed by atoms with Gasteiger partial charge in [-0.25, -0.2) is 0 Å². The summed E-state index contributed by atoms with van der Waals surface area (Å²) in [6.45, 7) is 4.52. The van der Waals surface area contributed by atoms with E-state index in [2.05, 4.69) is 44.2 Å². The van der Waals surface area contributed by atoms with Gasteiger partial charge in [-0.3, -0.25) is 0 Å². The molecule has 1 aromatic rings. The van der Waals surface area contributed by atoms with E-state index in [1.807, 2.05) is 0 Å². The average molecular weight is 481 g/mol. The average Bonchev–Trinajstić information content (AvgIpc) is 2.71. The van der Waals surface area contributed by atoms with Crippen molar-refractivity contribution in [3.05, 3.63) is 30.3 Å². The number of hydrogen-bond donors (Lipinski definition) is 0. The second-order valence-corrected chi connectivity index (χ2v) is 19.8. The van der Waals surface area contributed by atoms with E-state index in [0.29, 0.717) is 0 Å². The second kappa shape index (κ2) is 15.4. The molecule has 0 radical (unpaired) electrons. The summed E-state index contributed by atoms with van der Waals surface area (Å²) in [5.41, 5.74) is 0. The maximum absolute atomic E-state index is 13.0. The summed E-state index contributed by atoms with van der Waals surface area (Å²) in [6, 6.07) is 10.7. The number of hydrogen-bond acceptors (Lipinski definition) is 2. The van der Waals surface area contributed by atoms with Gasteiger partial charge in [-0.15, -0.1) is 0 Å². The molecule has 0 aliphatic heterocycles. The third kappa shape index (κ3) is 9.02. The summed E-state index contributed by atoms with van der Waals surface area (Å²) in [6.07, 6.45) is 15.4. The first kappa shape index (κ1) is 24.5. The molecule has 2 nitrogen and oxygen atoms in total. The number of carbonyl (C=O) groups excluding carboxylic acids is 1. The third-order valence-corrected chi connectivity index (χ3v) is 19.6. The van der Waals surface area contributed by atoms with Crippen LogP contribution in [0.2, 0.25) is 8.87 Å². The molecule has 3 heteroatoms. The van der Waals surface area contributed by atoms with Crippen LogP contribution in [0.25, 0.3) is 0 Å². The van der Waals surface area contributed by atoms with Crippen LogP contribution in [0.15, 0.2) is 30.3 Å². The second-order valence-electron chi connectivity index (χ2n) is 7.98. The van der Waals surface area contributed by atoms with E-state index < -0.39 is 18.4 Å². The van der Waals surface area contributed by atoms with Crippen LogP contribution in [-0.2, 0) is 4.74 Å². The Kier molecular flexibility index (Phi) is 14.0. The molecule has 0 fully saturated rings. The van der Waals surface area contributed by atoms with Crippen molar-refractivity contribution >= 4 is 25.9 Å². The number of carbonyl (C=O) groups is 1. The van der Waals surface area contributed by atoms with Crippen LogP contribution in [0.4, 0.5) is 4.79 Å². The van der Waals surface area contributed by atoms with E-state index in [4.69, 9.17) is 4.74 Å². The zero-order chi connectivity index (χ0) is 19.8. The van der Waals surface area contributed by atoms with Gasteiger partial charge >= 0.3 is 173 Å². The summed E-state index contributed by atoms with van der Waals surface area (Å²) in [4.78, 5) is 13.0. The van der Waals surface area contributed by atoms with Crippen LogP contribution in [-0.4, -0.2) is 29.5 Å². The fourth-order valence-corrected chi connectivity index (χ4v) is 16.7. The van der Waals surface area contributed by atoms with E-state index in [0.717, 1.165) is 8.87 Å². The Morgan fingerprint density at radius 1 is 0.741 bits per heavy atom. The molecular weight excluding hydrogens is 439 g/mol. The Balaban J connectivity index is 2.76. The number of methoxy groups -OCH3 is 1. The van der Waals surface area contributed by atoms with E-state index in [1.54, 1.807) is 7.11 Å². The first-order valence-electron chi connectivity index (χ1n) is 11.3. The molecule has 0 bridgehead atoms. The molecule has 0 saturated heterocycles. The molecule has 0 unspecified atom stereocenters. The van der Waals surface area contributed by atoms with Crippen molar-refractivity contribution in [1.82, 2.24) is 0 Å². The van der Waals surface area contributed by atoms with Crippen LogP contribution in [0.5, 0.6) is 0 Å². The minimum absolute atomic E-state index is 0.164. The van der Waals surface area contributed by atoms with E-state index in [-0.39, 0.29) is 3.99 Å². The van der Waals surface area contributed by atoms with Crippen molar-refractivity contribution < 1.29 is 9.53 Å². The number of benzene rings is 1. The Morgan fingerprint density at radius 2 is 1.19 bits per heavy atom. The van der Waals surface area contributed by atoms with Gasteiger partial charge in [0, 0.05) is 0 Å². The zero-order valence-electron chi connectivity index (χ0n) is 18.1.